The Morgan fingerprint density at radius 3 is 2.40 bits per heavy atom. The monoisotopic (exact) mass is 200 g/mol. The van der Waals surface area contributed by atoms with E-state index in [9.17, 15) is 0 Å². The molecule has 0 saturated heterocycles. The van der Waals surface area contributed by atoms with Gasteiger partial charge in [0.25, 0.3) is 0 Å². The number of benzene rings is 1. The minimum Gasteiger partial charge on any atom is -0.405 e. The van der Waals surface area contributed by atoms with Crippen LogP contribution < -0.4 is 5.73 Å². The van der Waals surface area contributed by atoms with E-state index in [1.54, 1.807) is 6.08 Å². The van der Waals surface area contributed by atoms with E-state index in [0.29, 0.717) is 0 Å². The zero-order valence-corrected chi connectivity index (χ0v) is 9.14. The van der Waals surface area contributed by atoms with Crippen LogP contribution in [0.25, 0.3) is 0 Å². The molecule has 2 N–H and O–H groups in total. The van der Waals surface area contributed by atoms with Crippen LogP contribution in [-0.2, 0) is 0 Å². The molecule has 0 aliphatic heterocycles. The molecule has 0 amide bonds. The number of hydrogen-bond acceptors (Lipinski definition) is 2. The first kappa shape index (κ1) is 11.2. The van der Waals surface area contributed by atoms with Gasteiger partial charge in [0.15, 0.2) is 0 Å². The average Bonchev–Trinajstić information content (AvgIpc) is 2.25. The van der Waals surface area contributed by atoms with E-state index in [0.717, 1.165) is 16.8 Å². The molecular formula is C13H16N2. The van der Waals surface area contributed by atoms with Gasteiger partial charge in [0.05, 0.1) is 5.71 Å². The summed E-state index contributed by atoms with van der Waals surface area (Å²) in [5, 5.41) is 0. The van der Waals surface area contributed by atoms with E-state index >= 15 is 0 Å². The second-order valence-corrected chi connectivity index (χ2v) is 3.45. The molecule has 1 aromatic rings. The number of nitrogens with two attached hydrogens (primary N) is 1. The smallest absolute Gasteiger partial charge is 0.0716 e. The van der Waals surface area contributed by atoms with E-state index in [1.807, 2.05) is 50.4 Å². The van der Waals surface area contributed by atoms with Crippen LogP contribution in [0.4, 0.5) is 0 Å². The highest BCUT2D eigenvalue weighted by Crippen LogP contribution is 2.03. The van der Waals surface area contributed by atoms with Gasteiger partial charge in [0.2, 0.25) is 0 Å². The van der Waals surface area contributed by atoms with Gasteiger partial charge in [-0.1, -0.05) is 35.9 Å². The highest BCUT2D eigenvalue weighted by atomic mass is 14.7. The van der Waals surface area contributed by atoms with Crippen LogP contribution >= 0.6 is 0 Å². The molecule has 0 spiro atoms. The van der Waals surface area contributed by atoms with Crippen LogP contribution in [0, 0.1) is 0 Å². The van der Waals surface area contributed by atoms with Crippen molar-refractivity contribution in [2.75, 3.05) is 0 Å². The Hall–Kier alpha value is -1.83. The molecule has 0 unspecified atom stereocenters. The highest BCUT2D eigenvalue weighted by molar-refractivity contribution is 6.08. The van der Waals surface area contributed by atoms with E-state index in [4.69, 9.17) is 5.73 Å². The van der Waals surface area contributed by atoms with Crippen molar-refractivity contribution in [1.29, 1.82) is 0 Å². The second-order valence-electron chi connectivity index (χ2n) is 3.45. The average molecular weight is 200 g/mol. The van der Waals surface area contributed by atoms with Crippen molar-refractivity contribution < 1.29 is 0 Å². The molecule has 78 valence electrons. The summed E-state index contributed by atoms with van der Waals surface area (Å²) in [7, 11) is 0. The Bertz CT molecular complexity index is 382. The van der Waals surface area contributed by atoms with Crippen molar-refractivity contribution in [2.45, 2.75) is 13.8 Å². The van der Waals surface area contributed by atoms with E-state index < -0.39 is 0 Å². The van der Waals surface area contributed by atoms with Gasteiger partial charge in [0, 0.05) is 11.8 Å². The predicted octanol–water partition coefficient (Wildman–Crippen LogP) is 2.87. The maximum Gasteiger partial charge on any atom is 0.0716 e. The van der Waals surface area contributed by atoms with Gasteiger partial charge in [-0.25, -0.2) is 0 Å². The Kier molecular flexibility index (Phi) is 4.35. The highest BCUT2D eigenvalue weighted by Gasteiger charge is 1.96. The van der Waals surface area contributed by atoms with E-state index in [-0.39, 0.29) is 0 Å². The van der Waals surface area contributed by atoms with Crippen molar-refractivity contribution in [3.8, 4) is 0 Å². The summed E-state index contributed by atoms with van der Waals surface area (Å²) in [5.74, 6) is 0. The molecule has 1 aromatic carbocycles. The van der Waals surface area contributed by atoms with Crippen molar-refractivity contribution >= 4 is 5.71 Å². The van der Waals surface area contributed by atoms with Gasteiger partial charge in [-0.05, 0) is 26.1 Å². The van der Waals surface area contributed by atoms with Crippen LogP contribution in [0.3, 0.4) is 0 Å². The van der Waals surface area contributed by atoms with Crippen molar-refractivity contribution in [3.63, 3.8) is 0 Å². The lowest BCUT2D eigenvalue weighted by atomic mass is 10.1. The van der Waals surface area contributed by atoms with Crippen molar-refractivity contribution in [1.82, 2.24) is 0 Å². The fourth-order valence-electron chi connectivity index (χ4n) is 1.11. The predicted molar refractivity (Wildman–Crippen MR) is 65.7 cm³/mol. The zero-order valence-electron chi connectivity index (χ0n) is 9.14. The van der Waals surface area contributed by atoms with Gasteiger partial charge in [-0.15, -0.1) is 0 Å². The molecule has 1 rings (SSSR count). The van der Waals surface area contributed by atoms with Gasteiger partial charge < -0.3 is 5.73 Å². The molecule has 2 nitrogen and oxygen atoms in total. The van der Waals surface area contributed by atoms with Crippen LogP contribution in [0.15, 0.2) is 59.4 Å². The Balaban J connectivity index is 3.04. The van der Waals surface area contributed by atoms with Gasteiger partial charge >= 0.3 is 0 Å². The molecule has 0 fully saturated rings. The number of rotatable bonds is 3. The topological polar surface area (TPSA) is 38.4 Å². The fourth-order valence-corrected chi connectivity index (χ4v) is 1.11. The third-order valence-corrected chi connectivity index (χ3v) is 1.79. The molecule has 0 aliphatic rings. The van der Waals surface area contributed by atoms with Crippen LogP contribution in [0.1, 0.15) is 19.4 Å². The summed E-state index contributed by atoms with van der Waals surface area (Å²) in [6.45, 7) is 4.02. The summed E-state index contributed by atoms with van der Waals surface area (Å²) in [6, 6.07) is 9.97. The van der Waals surface area contributed by atoms with Crippen molar-refractivity contribution in [2.24, 2.45) is 10.7 Å². The SMILES string of the molecule is CC(C)=CN=C(/C=C\N)c1ccccc1. The minimum atomic E-state index is 0.874. The number of nitrogens with zero attached hydrogens (tertiary/aromatic N) is 1. The lowest BCUT2D eigenvalue weighted by Gasteiger charge is -1.99. The first-order valence-electron chi connectivity index (χ1n) is 4.89. The Labute approximate surface area is 90.8 Å². The number of allylic oxidation sites excluding steroid dienone is 2. The second kappa shape index (κ2) is 5.81. The standard InChI is InChI=1S/C13H16N2/c1-11(2)10-15-13(8-9-14)12-6-4-3-5-7-12/h3-10H,14H2,1-2H3/b9-8-,15-13?. The molecule has 2 heteroatoms. The van der Waals surface area contributed by atoms with Crippen molar-refractivity contribution in [3.05, 3.63) is 59.9 Å². The largest absolute Gasteiger partial charge is 0.405 e. The quantitative estimate of drug-likeness (QED) is 0.748. The molecule has 0 atom stereocenters. The maximum atomic E-state index is 5.39. The fraction of sp³-hybridized carbons (Fsp3) is 0.154. The Morgan fingerprint density at radius 1 is 1.20 bits per heavy atom. The molecule has 15 heavy (non-hydrogen) atoms. The lowest BCUT2D eigenvalue weighted by Crippen LogP contribution is -1.97. The third kappa shape index (κ3) is 3.81. The lowest BCUT2D eigenvalue weighted by molar-refractivity contribution is 1.33. The molecule has 0 heterocycles. The minimum absolute atomic E-state index is 0.874. The van der Waals surface area contributed by atoms with E-state index in [2.05, 4.69) is 4.99 Å². The molecule has 0 bridgehead atoms. The Morgan fingerprint density at radius 2 is 1.87 bits per heavy atom. The van der Waals surface area contributed by atoms with Crippen LogP contribution in [0.5, 0.6) is 0 Å². The first-order chi connectivity index (χ1) is 7.24. The summed E-state index contributed by atoms with van der Waals surface area (Å²) in [4.78, 5) is 4.37. The normalized spacial score (nSPS) is 11.7. The third-order valence-electron chi connectivity index (χ3n) is 1.79. The van der Waals surface area contributed by atoms with Crippen LogP contribution in [-0.4, -0.2) is 5.71 Å². The molecular weight excluding hydrogens is 184 g/mol. The molecule has 0 radical (unpaired) electrons. The number of hydrogen-bond donors (Lipinski definition) is 1. The van der Waals surface area contributed by atoms with Gasteiger partial charge in [-0.2, -0.15) is 0 Å². The zero-order chi connectivity index (χ0) is 11.1. The first-order valence-corrected chi connectivity index (χ1v) is 4.89. The molecule has 0 aromatic heterocycles. The van der Waals surface area contributed by atoms with Crippen LogP contribution in [0.2, 0.25) is 0 Å². The summed E-state index contributed by atoms with van der Waals surface area (Å²) in [5.41, 5.74) is 8.49. The summed E-state index contributed by atoms with van der Waals surface area (Å²) >= 11 is 0. The maximum absolute atomic E-state index is 5.39. The molecule has 0 aliphatic carbocycles. The molecule has 0 saturated carbocycles. The van der Waals surface area contributed by atoms with Gasteiger partial charge in [0.1, 0.15) is 0 Å². The summed E-state index contributed by atoms with van der Waals surface area (Å²) < 4.78 is 0. The summed E-state index contributed by atoms with van der Waals surface area (Å²) in [6.07, 6.45) is 5.14. The number of aliphatic imine (C=N–C) groups is 1. The van der Waals surface area contributed by atoms with Gasteiger partial charge in [-0.3, -0.25) is 4.99 Å². The van der Waals surface area contributed by atoms with E-state index in [1.165, 1.54) is 6.20 Å².